The van der Waals surface area contributed by atoms with E-state index in [-0.39, 0.29) is 4.90 Å². The van der Waals surface area contributed by atoms with Gasteiger partial charge in [0.1, 0.15) is 5.75 Å². The number of benzene rings is 1. The molecule has 0 saturated carbocycles. The van der Waals surface area contributed by atoms with Crippen molar-refractivity contribution < 1.29 is 17.9 Å². The van der Waals surface area contributed by atoms with E-state index in [9.17, 15) is 8.42 Å². The number of rotatable bonds is 9. The molecular weight excluding hydrogens is 292 g/mol. The first-order chi connectivity index (χ1) is 9.97. The van der Waals surface area contributed by atoms with Gasteiger partial charge < -0.3 is 14.8 Å². The molecule has 0 aliphatic heterocycles. The monoisotopic (exact) mass is 316 g/mol. The van der Waals surface area contributed by atoms with E-state index < -0.39 is 10.0 Å². The Bertz CT molecular complexity index is 546. The summed E-state index contributed by atoms with van der Waals surface area (Å²) in [7, 11) is 3.06. The molecule has 6 nitrogen and oxygen atoms in total. The van der Waals surface area contributed by atoms with Crippen LogP contribution in [0.1, 0.15) is 12.0 Å². The highest BCUT2D eigenvalue weighted by atomic mass is 32.2. The molecule has 120 valence electrons. The Labute approximate surface area is 127 Å². The van der Waals surface area contributed by atoms with Crippen LogP contribution in [-0.2, 0) is 21.3 Å². The van der Waals surface area contributed by atoms with E-state index in [4.69, 9.17) is 9.47 Å². The zero-order valence-electron chi connectivity index (χ0n) is 13.0. The van der Waals surface area contributed by atoms with Gasteiger partial charge in [0.05, 0.1) is 12.0 Å². The minimum absolute atomic E-state index is 0.272. The Morgan fingerprint density at radius 2 is 2.00 bits per heavy atom. The Balaban J connectivity index is 2.99. The van der Waals surface area contributed by atoms with Crippen LogP contribution in [0.4, 0.5) is 0 Å². The van der Waals surface area contributed by atoms with Gasteiger partial charge >= 0.3 is 0 Å². The first-order valence-electron chi connectivity index (χ1n) is 6.74. The van der Waals surface area contributed by atoms with Gasteiger partial charge in [0.15, 0.2) is 0 Å². The smallest absolute Gasteiger partial charge is 0.242 e. The number of sulfonamides is 1. The normalized spacial score (nSPS) is 11.9. The van der Waals surface area contributed by atoms with Crippen molar-refractivity contribution in [3.8, 4) is 5.75 Å². The lowest BCUT2D eigenvalue weighted by molar-refractivity contribution is 0.189. The van der Waals surface area contributed by atoms with Crippen LogP contribution < -0.4 is 10.1 Å². The fourth-order valence-electron chi connectivity index (χ4n) is 1.98. The number of hydrogen-bond acceptors (Lipinski definition) is 5. The van der Waals surface area contributed by atoms with Crippen molar-refractivity contribution in [3.05, 3.63) is 23.8 Å². The molecule has 1 rings (SSSR count). The van der Waals surface area contributed by atoms with Gasteiger partial charge in [-0.1, -0.05) is 0 Å². The predicted molar refractivity (Wildman–Crippen MR) is 82.1 cm³/mol. The van der Waals surface area contributed by atoms with Crippen molar-refractivity contribution in [3.63, 3.8) is 0 Å². The van der Waals surface area contributed by atoms with Gasteiger partial charge in [-0.15, -0.1) is 0 Å². The van der Waals surface area contributed by atoms with E-state index >= 15 is 0 Å². The van der Waals surface area contributed by atoms with Crippen molar-refractivity contribution in [1.29, 1.82) is 0 Å². The molecule has 0 heterocycles. The maximum Gasteiger partial charge on any atom is 0.242 e. The van der Waals surface area contributed by atoms with Crippen LogP contribution in [0.15, 0.2) is 23.1 Å². The summed E-state index contributed by atoms with van der Waals surface area (Å²) in [5.41, 5.74) is 0.811. The number of methoxy groups -OCH3 is 2. The van der Waals surface area contributed by atoms with Crippen molar-refractivity contribution in [1.82, 2.24) is 9.62 Å². The highest BCUT2D eigenvalue weighted by Gasteiger charge is 2.21. The summed E-state index contributed by atoms with van der Waals surface area (Å²) >= 11 is 0. The maximum absolute atomic E-state index is 12.5. The summed E-state index contributed by atoms with van der Waals surface area (Å²) in [5, 5.41) is 3.00. The quantitative estimate of drug-likeness (QED) is 0.690. The van der Waals surface area contributed by atoms with Crippen LogP contribution in [0.25, 0.3) is 0 Å². The fourth-order valence-corrected chi connectivity index (χ4v) is 3.24. The molecule has 0 atom stereocenters. The Kier molecular flexibility index (Phi) is 7.10. The number of ether oxygens (including phenoxy) is 2. The molecule has 0 aromatic heterocycles. The summed E-state index contributed by atoms with van der Waals surface area (Å²) in [6, 6.07) is 4.90. The second-order valence-electron chi connectivity index (χ2n) is 4.68. The van der Waals surface area contributed by atoms with E-state index in [1.54, 1.807) is 46.5 Å². The van der Waals surface area contributed by atoms with E-state index in [0.29, 0.717) is 31.9 Å². The van der Waals surface area contributed by atoms with Crippen LogP contribution in [0, 0.1) is 0 Å². The average Bonchev–Trinajstić information content (AvgIpc) is 2.47. The fraction of sp³-hybridized carbons (Fsp3) is 0.571. The van der Waals surface area contributed by atoms with Crippen molar-refractivity contribution in [2.45, 2.75) is 17.9 Å². The molecule has 7 heteroatoms. The third kappa shape index (κ3) is 4.67. The van der Waals surface area contributed by atoms with Crippen LogP contribution >= 0.6 is 0 Å². The summed E-state index contributed by atoms with van der Waals surface area (Å²) < 4.78 is 36.5. The third-order valence-electron chi connectivity index (χ3n) is 3.15. The Hall–Kier alpha value is -1.15. The second kappa shape index (κ2) is 8.33. The number of nitrogens with one attached hydrogen (secondary N) is 1. The molecule has 1 aromatic rings. The van der Waals surface area contributed by atoms with E-state index in [2.05, 4.69) is 5.32 Å². The van der Waals surface area contributed by atoms with Crippen LogP contribution in [0.2, 0.25) is 0 Å². The average molecular weight is 316 g/mol. The van der Waals surface area contributed by atoms with Crippen molar-refractivity contribution >= 4 is 10.0 Å². The lowest BCUT2D eigenvalue weighted by Gasteiger charge is -2.18. The second-order valence-corrected chi connectivity index (χ2v) is 6.72. The van der Waals surface area contributed by atoms with Crippen LogP contribution in [0.5, 0.6) is 5.75 Å². The first-order valence-corrected chi connectivity index (χ1v) is 8.18. The van der Waals surface area contributed by atoms with Crippen molar-refractivity contribution in [2.75, 3.05) is 41.5 Å². The SMILES string of the molecule is CNCc1cc(S(=O)(=O)N(C)CCCOC)ccc1OC. The van der Waals surface area contributed by atoms with Gasteiger partial charge in [0, 0.05) is 39.4 Å². The lowest BCUT2D eigenvalue weighted by Crippen LogP contribution is -2.28. The molecule has 0 unspecified atom stereocenters. The first kappa shape index (κ1) is 17.9. The molecule has 0 saturated heterocycles. The van der Waals surface area contributed by atoms with Gasteiger partial charge in [-0.25, -0.2) is 12.7 Å². The maximum atomic E-state index is 12.5. The summed E-state index contributed by atoms with van der Waals surface area (Å²) in [5.74, 6) is 0.672. The molecule has 1 aromatic carbocycles. The topological polar surface area (TPSA) is 67.9 Å². The molecular formula is C14H24N2O4S. The van der Waals surface area contributed by atoms with Crippen LogP contribution in [-0.4, -0.2) is 54.2 Å². The predicted octanol–water partition coefficient (Wildman–Crippen LogP) is 1.07. The highest BCUT2D eigenvalue weighted by molar-refractivity contribution is 7.89. The summed E-state index contributed by atoms with van der Waals surface area (Å²) in [4.78, 5) is 0.272. The van der Waals surface area contributed by atoms with Crippen LogP contribution in [0.3, 0.4) is 0 Å². The van der Waals surface area contributed by atoms with E-state index in [0.717, 1.165) is 5.56 Å². The zero-order chi connectivity index (χ0) is 15.9. The third-order valence-corrected chi connectivity index (χ3v) is 5.00. The lowest BCUT2D eigenvalue weighted by atomic mass is 10.2. The molecule has 0 amide bonds. The Morgan fingerprint density at radius 3 is 2.57 bits per heavy atom. The molecule has 0 spiro atoms. The molecule has 21 heavy (non-hydrogen) atoms. The summed E-state index contributed by atoms with van der Waals surface area (Å²) in [6.07, 6.45) is 0.658. The molecule has 0 aliphatic rings. The Morgan fingerprint density at radius 1 is 1.29 bits per heavy atom. The molecule has 0 aliphatic carbocycles. The number of nitrogens with zero attached hydrogens (tertiary/aromatic N) is 1. The highest BCUT2D eigenvalue weighted by Crippen LogP contribution is 2.24. The van der Waals surface area contributed by atoms with Gasteiger partial charge in [0.2, 0.25) is 10.0 Å². The van der Waals surface area contributed by atoms with Crippen molar-refractivity contribution in [2.24, 2.45) is 0 Å². The summed E-state index contributed by atoms with van der Waals surface area (Å²) in [6.45, 7) is 1.50. The minimum atomic E-state index is -3.49. The van der Waals surface area contributed by atoms with Gasteiger partial charge in [-0.2, -0.15) is 0 Å². The van der Waals surface area contributed by atoms with Gasteiger partial charge in [-0.3, -0.25) is 0 Å². The van der Waals surface area contributed by atoms with Gasteiger partial charge in [-0.05, 0) is 31.7 Å². The molecule has 0 fully saturated rings. The standard InChI is InChI=1S/C14H24N2O4S/c1-15-11-12-10-13(6-7-14(12)20-4)21(17,18)16(2)8-5-9-19-3/h6-7,10,15H,5,8-9,11H2,1-4H3. The minimum Gasteiger partial charge on any atom is -0.496 e. The zero-order valence-corrected chi connectivity index (χ0v) is 13.9. The molecule has 1 N–H and O–H groups in total. The van der Waals surface area contributed by atoms with E-state index in [1.807, 2.05) is 0 Å². The molecule has 0 bridgehead atoms. The largest absolute Gasteiger partial charge is 0.496 e. The van der Waals surface area contributed by atoms with Gasteiger partial charge in [0.25, 0.3) is 0 Å². The number of hydrogen-bond donors (Lipinski definition) is 1. The van der Waals surface area contributed by atoms with E-state index in [1.165, 1.54) is 4.31 Å². The molecule has 0 radical (unpaired) electrons.